The monoisotopic (exact) mass is 229 g/mol. The van der Waals surface area contributed by atoms with Crippen molar-refractivity contribution >= 4 is 5.97 Å². The largest absolute Gasteiger partial charge is 0.468 e. The van der Waals surface area contributed by atoms with Gasteiger partial charge in [0.2, 0.25) is 0 Å². The molecular formula is C12H23NO3. The fourth-order valence-corrected chi connectivity index (χ4v) is 2.16. The van der Waals surface area contributed by atoms with Gasteiger partial charge in [0.15, 0.2) is 0 Å². The number of methoxy groups -OCH3 is 1. The molecular weight excluding hydrogens is 206 g/mol. The second-order valence-corrected chi connectivity index (χ2v) is 4.68. The quantitative estimate of drug-likeness (QED) is 0.725. The molecule has 0 spiro atoms. The van der Waals surface area contributed by atoms with Gasteiger partial charge in [0, 0.05) is 6.61 Å². The minimum atomic E-state index is -0.550. The maximum atomic E-state index is 11.0. The van der Waals surface area contributed by atoms with Gasteiger partial charge in [-0.25, -0.2) is 0 Å². The lowest BCUT2D eigenvalue weighted by molar-refractivity contribution is -0.142. The number of nitrogens with two attached hydrogens (primary N) is 1. The van der Waals surface area contributed by atoms with E-state index in [9.17, 15) is 4.79 Å². The van der Waals surface area contributed by atoms with Crippen molar-refractivity contribution in [1.82, 2.24) is 0 Å². The zero-order chi connectivity index (χ0) is 12.0. The number of ether oxygens (including phenoxy) is 2. The van der Waals surface area contributed by atoms with Crippen molar-refractivity contribution in [2.24, 2.45) is 11.7 Å². The molecule has 4 heteroatoms. The summed E-state index contributed by atoms with van der Waals surface area (Å²) in [6.07, 6.45) is 5.72. The van der Waals surface area contributed by atoms with Gasteiger partial charge < -0.3 is 15.2 Å². The average Bonchev–Trinajstić information content (AvgIpc) is 2.28. The highest BCUT2D eigenvalue weighted by Crippen LogP contribution is 2.25. The fraction of sp³-hybridized carbons (Fsp3) is 0.917. The molecule has 16 heavy (non-hydrogen) atoms. The van der Waals surface area contributed by atoms with E-state index in [4.69, 9.17) is 10.5 Å². The van der Waals surface area contributed by atoms with E-state index in [-0.39, 0.29) is 5.97 Å². The molecule has 1 rings (SSSR count). The summed E-state index contributed by atoms with van der Waals surface area (Å²) in [4.78, 5) is 11.0. The third-order valence-electron chi connectivity index (χ3n) is 3.17. The third kappa shape index (κ3) is 4.49. The van der Waals surface area contributed by atoms with Gasteiger partial charge in [0.25, 0.3) is 0 Å². The van der Waals surface area contributed by atoms with Crippen molar-refractivity contribution in [3.05, 3.63) is 0 Å². The van der Waals surface area contributed by atoms with Gasteiger partial charge in [-0.15, -0.1) is 0 Å². The van der Waals surface area contributed by atoms with Gasteiger partial charge in [-0.3, -0.25) is 4.79 Å². The zero-order valence-corrected chi connectivity index (χ0v) is 10.3. The van der Waals surface area contributed by atoms with Crippen LogP contribution in [0.3, 0.4) is 0 Å². The number of hydrogen-bond donors (Lipinski definition) is 1. The molecule has 2 N–H and O–H groups in total. The van der Waals surface area contributed by atoms with Crippen LogP contribution in [0.5, 0.6) is 0 Å². The van der Waals surface area contributed by atoms with Crippen LogP contribution in [-0.2, 0) is 14.3 Å². The van der Waals surface area contributed by atoms with E-state index in [0.717, 1.165) is 18.8 Å². The maximum absolute atomic E-state index is 11.0. The molecule has 1 aliphatic rings. The highest BCUT2D eigenvalue weighted by molar-refractivity contribution is 5.75. The molecule has 0 bridgehead atoms. The Bertz CT molecular complexity index is 220. The van der Waals surface area contributed by atoms with Gasteiger partial charge in [-0.2, -0.15) is 0 Å². The van der Waals surface area contributed by atoms with E-state index in [1.807, 2.05) is 0 Å². The lowest BCUT2D eigenvalue weighted by atomic mass is 9.89. The highest BCUT2D eigenvalue weighted by atomic mass is 16.5. The molecule has 94 valence electrons. The molecule has 0 aliphatic heterocycles. The number of esters is 1. The summed E-state index contributed by atoms with van der Waals surface area (Å²) < 4.78 is 10.3. The standard InChI is InChI=1S/C12H23NO3/c1-9-4-3-5-10(8-9)16-7-6-11(13)12(14)15-2/h9-11H,3-8,13H2,1-2H3. The molecule has 1 aliphatic carbocycles. The van der Waals surface area contributed by atoms with Gasteiger partial charge >= 0.3 is 5.97 Å². The summed E-state index contributed by atoms with van der Waals surface area (Å²) in [6, 6.07) is -0.550. The predicted octanol–water partition coefficient (Wildman–Crippen LogP) is 1.47. The van der Waals surface area contributed by atoms with Crippen LogP contribution in [0.4, 0.5) is 0 Å². The topological polar surface area (TPSA) is 61.5 Å². The summed E-state index contributed by atoms with van der Waals surface area (Å²) >= 11 is 0. The molecule has 0 saturated heterocycles. The molecule has 0 aromatic rings. The molecule has 3 atom stereocenters. The van der Waals surface area contributed by atoms with E-state index >= 15 is 0 Å². The Balaban J connectivity index is 2.12. The second kappa shape index (κ2) is 6.86. The van der Waals surface area contributed by atoms with E-state index in [1.165, 1.54) is 20.0 Å². The van der Waals surface area contributed by atoms with Crippen LogP contribution < -0.4 is 5.73 Å². The number of carbonyl (C=O) groups excluding carboxylic acids is 1. The Morgan fingerprint density at radius 3 is 2.88 bits per heavy atom. The van der Waals surface area contributed by atoms with Crippen LogP contribution >= 0.6 is 0 Å². The van der Waals surface area contributed by atoms with Crippen LogP contribution in [0.15, 0.2) is 0 Å². The zero-order valence-electron chi connectivity index (χ0n) is 10.3. The van der Waals surface area contributed by atoms with Crippen LogP contribution in [0.1, 0.15) is 39.0 Å². The van der Waals surface area contributed by atoms with Gasteiger partial charge in [-0.1, -0.05) is 19.8 Å². The van der Waals surface area contributed by atoms with Crippen molar-refractivity contribution < 1.29 is 14.3 Å². The second-order valence-electron chi connectivity index (χ2n) is 4.68. The molecule has 3 unspecified atom stereocenters. The van der Waals surface area contributed by atoms with Gasteiger partial charge in [0.1, 0.15) is 6.04 Å². The summed E-state index contributed by atoms with van der Waals surface area (Å²) in [5.74, 6) is 0.397. The van der Waals surface area contributed by atoms with E-state index in [0.29, 0.717) is 19.1 Å². The summed E-state index contributed by atoms with van der Waals surface area (Å²) in [7, 11) is 1.35. The van der Waals surface area contributed by atoms with Crippen molar-refractivity contribution in [1.29, 1.82) is 0 Å². The van der Waals surface area contributed by atoms with Crippen LogP contribution in [0.25, 0.3) is 0 Å². The first-order valence-electron chi connectivity index (χ1n) is 6.08. The SMILES string of the molecule is COC(=O)C(N)CCOC1CCCC(C)C1. The Kier molecular flexibility index (Phi) is 5.77. The molecule has 1 fully saturated rings. The molecule has 4 nitrogen and oxygen atoms in total. The first-order chi connectivity index (χ1) is 7.63. The number of rotatable bonds is 5. The van der Waals surface area contributed by atoms with Crippen LogP contribution in [0.2, 0.25) is 0 Å². The van der Waals surface area contributed by atoms with Crippen LogP contribution in [0, 0.1) is 5.92 Å². The van der Waals surface area contributed by atoms with E-state index in [2.05, 4.69) is 11.7 Å². The minimum Gasteiger partial charge on any atom is -0.468 e. The third-order valence-corrected chi connectivity index (χ3v) is 3.17. The molecule has 0 heterocycles. The van der Waals surface area contributed by atoms with Gasteiger partial charge in [-0.05, 0) is 25.2 Å². The molecule has 0 aromatic carbocycles. The van der Waals surface area contributed by atoms with Crippen molar-refractivity contribution in [3.63, 3.8) is 0 Å². The Morgan fingerprint density at radius 2 is 2.25 bits per heavy atom. The molecule has 0 radical (unpaired) electrons. The van der Waals surface area contributed by atoms with Gasteiger partial charge in [0.05, 0.1) is 13.2 Å². The summed E-state index contributed by atoms with van der Waals surface area (Å²) in [6.45, 7) is 2.81. The van der Waals surface area contributed by atoms with Crippen molar-refractivity contribution in [2.45, 2.75) is 51.2 Å². The maximum Gasteiger partial charge on any atom is 0.322 e. The average molecular weight is 229 g/mol. The lowest BCUT2D eigenvalue weighted by Crippen LogP contribution is -2.33. The summed E-state index contributed by atoms with van der Waals surface area (Å²) in [5, 5.41) is 0. The van der Waals surface area contributed by atoms with E-state index < -0.39 is 6.04 Å². The van der Waals surface area contributed by atoms with Crippen LogP contribution in [-0.4, -0.2) is 31.8 Å². The van der Waals surface area contributed by atoms with Crippen molar-refractivity contribution in [2.75, 3.05) is 13.7 Å². The number of hydrogen-bond acceptors (Lipinski definition) is 4. The molecule has 0 aromatic heterocycles. The first kappa shape index (κ1) is 13.5. The smallest absolute Gasteiger partial charge is 0.322 e. The molecule has 1 saturated carbocycles. The Morgan fingerprint density at radius 1 is 1.50 bits per heavy atom. The summed E-state index contributed by atoms with van der Waals surface area (Å²) in [5.41, 5.74) is 5.62. The molecule has 0 amide bonds. The first-order valence-corrected chi connectivity index (χ1v) is 6.08. The fourth-order valence-electron chi connectivity index (χ4n) is 2.16. The Labute approximate surface area is 97.5 Å². The van der Waals surface area contributed by atoms with E-state index in [1.54, 1.807) is 0 Å². The highest BCUT2D eigenvalue weighted by Gasteiger charge is 2.20. The lowest BCUT2D eigenvalue weighted by Gasteiger charge is -2.27. The Hall–Kier alpha value is -0.610. The normalized spacial score (nSPS) is 27.4. The van der Waals surface area contributed by atoms with Crippen molar-refractivity contribution in [3.8, 4) is 0 Å². The predicted molar refractivity (Wildman–Crippen MR) is 62.0 cm³/mol. The minimum absolute atomic E-state index is 0.355. The number of carbonyl (C=O) groups is 1.